The number of amides is 2. The molecule has 0 aliphatic carbocycles. The number of carbonyl (C=O) groups is 2. The number of nitrogens with zero attached hydrogens (tertiary/aromatic N) is 3. The Morgan fingerprint density at radius 3 is 2.34 bits per heavy atom. The molecule has 2 heterocycles. The highest BCUT2D eigenvalue weighted by atomic mass is 32.2. The highest BCUT2D eigenvalue weighted by molar-refractivity contribution is 8.18. The quantitative estimate of drug-likeness (QED) is 0.463. The van der Waals surface area contributed by atoms with Gasteiger partial charge < -0.3 is 9.64 Å². The topological polar surface area (TPSA) is 53.1 Å². The minimum absolute atomic E-state index is 0.253. The largest absolute Gasteiger partial charge is 0.490 e. The van der Waals surface area contributed by atoms with E-state index in [1.807, 2.05) is 24.3 Å². The first-order chi connectivity index (χ1) is 15.5. The predicted molar refractivity (Wildman–Crippen MR) is 125 cm³/mol. The van der Waals surface area contributed by atoms with Crippen LogP contribution in [-0.4, -0.2) is 60.4 Å². The van der Waals surface area contributed by atoms with Crippen molar-refractivity contribution in [3.05, 3.63) is 77.5 Å². The van der Waals surface area contributed by atoms with Gasteiger partial charge in [0.05, 0.1) is 11.6 Å². The normalized spacial score (nSPS) is 18.5. The van der Waals surface area contributed by atoms with Crippen LogP contribution in [-0.2, 0) is 4.79 Å². The van der Waals surface area contributed by atoms with Crippen molar-refractivity contribution in [1.82, 2.24) is 9.80 Å². The Kier molecular flexibility index (Phi) is 6.92. The third-order valence-corrected chi connectivity index (χ3v) is 6.23. The summed E-state index contributed by atoms with van der Waals surface area (Å²) in [5.41, 5.74) is 1.80. The Morgan fingerprint density at radius 1 is 1.00 bits per heavy atom. The van der Waals surface area contributed by atoms with Gasteiger partial charge in [-0.3, -0.25) is 19.4 Å². The lowest BCUT2D eigenvalue weighted by Gasteiger charge is -2.37. The molecule has 0 aromatic heterocycles. The molecule has 4 rings (SSSR count). The SMILES string of the molecule is C=CCOc1ccc(C=C2SC(=O)N(CN3CCN(c4ccc(F)cc4)CC3)C2=O)cc1. The van der Waals surface area contributed by atoms with Crippen LogP contribution < -0.4 is 9.64 Å². The van der Waals surface area contributed by atoms with Gasteiger partial charge >= 0.3 is 0 Å². The summed E-state index contributed by atoms with van der Waals surface area (Å²) < 4.78 is 18.6. The van der Waals surface area contributed by atoms with Gasteiger partial charge in [0, 0.05) is 31.9 Å². The monoisotopic (exact) mass is 453 g/mol. The average molecular weight is 454 g/mol. The van der Waals surface area contributed by atoms with Crippen LogP contribution in [0.3, 0.4) is 0 Å². The third-order valence-electron chi connectivity index (χ3n) is 5.32. The smallest absolute Gasteiger partial charge is 0.294 e. The number of hydrogen-bond acceptors (Lipinski definition) is 6. The zero-order valence-corrected chi connectivity index (χ0v) is 18.4. The fourth-order valence-electron chi connectivity index (χ4n) is 3.59. The lowest BCUT2D eigenvalue weighted by atomic mass is 10.2. The number of hydrogen-bond donors (Lipinski definition) is 0. The number of anilines is 1. The van der Waals surface area contributed by atoms with Gasteiger partial charge in [0.1, 0.15) is 18.2 Å². The molecule has 0 unspecified atom stereocenters. The van der Waals surface area contributed by atoms with E-state index < -0.39 is 0 Å². The number of thioether (sulfide) groups is 1. The molecule has 0 spiro atoms. The Balaban J connectivity index is 1.33. The van der Waals surface area contributed by atoms with E-state index in [4.69, 9.17) is 4.74 Å². The van der Waals surface area contributed by atoms with Crippen molar-refractivity contribution < 1.29 is 18.7 Å². The standard InChI is InChI=1S/C24H24FN3O3S/c1-2-15-31-21-9-3-18(4-10-21)16-22-23(29)28(24(30)32-22)17-26-11-13-27(14-12-26)20-7-5-19(25)6-8-20/h2-10,16H,1,11-15,17H2. The van der Waals surface area contributed by atoms with E-state index in [1.54, 1.807) is 24.3 Å². The minimum Gasteiger partial charge on any atom is -0.490 e. The Hall–Kier alpha value is -3.10. The molecule has 32 heavy (non-hydrogen) atoms. The summed E-state index contributed by atoms with van der Waals surface area (Å²) in [4.78, 5) is 31.3. The van der Waals surface area contributed by atoms with Gasteiger partial charge in [-0.2, -0.15) is 0 Å². The highest BCUT2D eigenvalue weighted by Crippen LogP contribution is 2.32. The molecule has 2 saturated heterocycles. The molecule has 0 atom stereocenters. The van der Waals surface area contributed by atoms with Crippen molar-refractivity contribution in [3.63, 3.8) is 0 Å². The van der Waals surface area contributed by atoms with Crippen LogP contribution in [0.1, 0.15) is 5.56 Å². The molecule has 2 fully saturated rings. The fraction of sp³-hybridized carbons (Fsp3) is 0.250. The lowest BCUT2D eigenvalue weighted by molar-refractivity contribution is -0.124. The Labute approximate surface area is 190 Å². The molecule has 8 heteroatoms. The predicted octanol–water partition coefficient (Wildman–Crippen LogP) is 4.21. The van der Waals surface area contributed by atoms with Crippen molar-refractivity contribution in [1.29, 1.82) is 0 Å². The Morgan fingerprint density at radius 2 is 1.69 bits per heavy atom. The number of ether oxygens (including phenoxy) is 1. The summed E-state index contributed by atoms with van der Waals surface area (Å²) in [5, 5.41) is -0.256. The molecule has 2 amide bonds. The second-order valence-electron chi connectivity index (χ2n) is 7.50. The van der Waals surface area contributed by atoms with E-state index in [9.17, 15) is 14.0 Å². The fourth-order valence-corrected chi connectivity index (χ4v) is 4.42. The lowest BCUT2D eigenvalue weighted by Crippen LogP contribution is -2.50. The maximum absolute atomic E-state index is 13.1. The molecule has 2 aliphatic rings. The number of halogens is 1. The van der Waals surface area contributed by atoms with E-state index in [-0.39, 0.29) is 23.6 Å². The van der Waals surface area contributed by atoms with Gasteiger partial charge in [-0.25, -0.2) is 4.39 Å². The molecular weight excluding hydrogens is 429 g/mol. The maximum Gasteiger partial charge on any atom is 0.294 e. The first-order valence-electron chi connectivity index (χ1n) is 10.4. The van der Waals surface area contributed by atoms with Crippen molar-refractivity contribution in [2.45, 2.75) is 0 Å². The molecule has 6 nitrogen and oxygen atoms in total. The zero-order chi connectivity index (χ0) is 22.5. The first-order valence-corrected chi connectivity index (χ1v) is 11.2. The van der Waals surface area contributed by atoms with Gasteiger partial charge in [0.15, 0.2) is 0 Å². The summed E-state index contributed by atoms with van der Waals surface area (Å²) in [6, 6.07) is 13.8. The van der Waals surface area contributed by atoms with Crippen molar-refractivity contribution in [2.24, 2.45) is 0 Å². The van der Waals surface area contributed by atoms with Gasteiger partial charge in [-0.15, -0.1) is 0 Å². The highest BCUT2D eigenvalue weighted by Gasteiger charge is 2.36. The van der Waals surface area contributed by atoms with Gasteiger partial charge in [-0.1, -0.05) is 24.8 Å². The summed E-state index contributed by atoms with van der Waals surface area (Å²) in [6.45, 7) is 7.24. The number of rotatable bonds is 7. The van der Waals surface area contributed by atoms with Crippen LogP contribution in [0.15, 0.2) is 66.1 Å². The summed E-state index contributed by atoms with van der Waals surface area (Å²) in [6.07, 6.45) is 3.40. The third kappa shape index (κ3) is 5.20. The minimum atomic E-state index is -0.270. The molecule has 0 bridgehead atoms. The number of carbonyl (C=O) groups excluding carboxylic acids is 2. The molecule has 0 saturated carbocycles. The zero-order valence-electron chi connectivity index (χ0n) is 17.6. The Bertz CT molecular complexity index is 1020. The van der Waals surface area contributed by atoms with E-state index in [1.165, 1.54) is 17.0 Å². The van der Waals surface area contributed by atoms with E-state index >= 15 is 0 Å². The van der Waals surface area contributed by atoms with Crippen molar-refractivity contribution in [3.8, 4) is 5.75 Å². The molecule has 2 aliphatic heterocycles. The van der Waals surface area contributed by atoms with E-state index in [2.05, 4.69) is 16.4 Å². The van der Waals surface area contributed by atoms with E-state index in [0.717, 1.165) is 41.9 Å². The second-order valence-corrected chi connectivity index (χ2v) is 8.49. The van der Waals surface area contributed by atoms with E-state index in [0.29, 0.717) is 24.6 Å². The number of piperazine rings is 1. The molecule has 0 N–H and O–H groups in total. The van der Waals surface area contributed by atoms with Crippen molar-refractivity contribution in [2.75, 3.05) is 44.4 Å². The van der Waals surface area contributed by atoms with Crippen LogP contribution in [0.4, 0.5) is 14.9 Å². The van der Waals surface area contributed by atoms with Crippen LogP contribution in [0.25, 0.3) is 6.08 Å². The molecule has 2 aromatic rings. The molecule has 2 aromatic carbocycles. The van der Waals surface area contributed by atoms with Crippen LogP contribution in [0, 0.1) is 5.82 Å². The van der Waals surface area contributed by atoms with Gasteiger partial charge in [-0.05, 0) is 59.8 Å². The first kappa shape index (κ1) is 22.1. The number of benzene rings is 2. The van der Waals surface area contributed by atoms with Gasteiger partial charge in [0.25, 0.3) is 11.1 Å². The van der Waals surface area contributed by atoms with Gasteiger partial charge in [0.2, 0.25) is 0 Å². The van der Waals surface area contributed by atoms with Crippen molar-refractivity contribution >= 4 is 34.7 Å². The molecule has 0 radical (unpaired) electrons. The second kappa shape index (κ2) is 10.0. The van der Waals surface area contributed by atoms with Crippen LogP contribution in [0.5, 0.6) is 5.75 Å². The summed E-state index contributed by atoms with van der Waals surface area (Å²) in [7, 11) is 0. The average Bonchev–Trinajstić information content (AvgIpc) is 3.07. The number of imide groups is 1. The molecule has 166 valence electrons. The summed E-state index contributed by atoms with van der Waals surface area (Å²) >= 11 is 0.963. The summed E-state index contributed by atoms with van der Waals surface area (Å²) in [5.74, 6) is 0.194. The molecular formula is C24H24FN3O3S. The maximum atomic E-state index is 13.1. The van der Waals surface area contributed by atoms with Crippen LogP contribution >= 0.6 is 11.8 Å². The van der Waals surface area contributed by atoms with Crippen LogP contribution in [0.2, 0.25) is 0 Å².